The fourth-order valence-electron chi connectivity index (χ4n) is 1.47. The average molecular weight is 239 g/mol. The van der Waals surface area contributed by atoms with Gasteiger partial charge in [0.25, 0.3) is 0 Å². The molecule has 2 rings (SSSR count). The smallest absolute Gasteiger partial charge is 0.152 e. The first-order valence-corrected chi connectivity index (χ1v) is 7.18. The van der Waals surface area contributed by atoms with Gasteiger partial charge in [-0.05, 0) is 12.1 Å². The van der Waals surface area contributed by atoms with Gasteiger partial charge in [-0.25, -0.2) is 0 Å². The minimum absolute atomic E-state index is 0.186. The number of carbonyl (C=O) groups excluding carboxylic acids is 1. The third-order valence-corrected chi connectivity index (χ3v) is 5.06. The molecule has 0 amide bonds. The molecule has 1 fully saturated rings. The van der Waals surface area contributed by atoms with Crippen molar-refractivity contribution < 1.29 is 4.79 Å². The van der Waals surface area contributed by atoms with Crippen LogP contribution in [-0.2, 0) is 11.2 Å². The lowest BCUT2D eigenvalue weighted by Gasteiger charge is -2.19. The Bertz CT molecular complexity index is 323. The minimum Gasteiger partial charge on any atom is -0.298 e. The number of aromatic nitrogens is 1. The molecule has 0 radical (unpaired) electrons. The van der Waals surface area contributed by atoms with Crippen LogP contribution in [0.3, 0.4) is 0 Å². The van der Waals surface area contributed by atoms with Crippen LogP contribution in [-0.4, -0.2) is 33.3 Å². The molecule has 1 aromatic heterocycles. The zero-order valence-corrected chi connectivity index (χ0v) is 10.0. The van der Waals surface area contributed by atoms with Crippen LogP contribution in [0.15, 0.2) is 24.4 Å². The van der Waals surface area contributed by atoms with E-state index in [1.165, 1.54) is 5.75 Å². The summed E-state index contributed by atoms with van der Waals surface area (Å²) in [4.78, 5) is 16.1. The Morgan fingerprint density at radius 1 is 1.47 bits per heavy atom. The number of hydrogen-bond donors (Lipinski definition) is 0. The zero-order valence-electron chi connectivity index (χ0n) is 8.39. The Kier molecular flexibility index (Phi) is 4.09. The summed E-state index contributed by atoms with van der Waals surface area (Å²) in [5.74, 6) is 3.57. The van der Waals surface area contributed by atoms with Crippen molar-refractivity contribution in [3.63, 3.8) is 0 Å². The normalized spacial score (nSPS) is 21.2. The van der Waals surface area contributed by atoms with Crippen molar-refractivity contribution in [2.45, 2.75) is 11.7 Å². The molecule has 1 atom stereocenters. The summed E-state index contributed by atoms with van der Waals surface area (Å²) in [6, 6.07) is 5.72. The summed E-state index contributed by atoms with van der Waals surface area (Å²) in [6.07, 6.45) is 2.23. The van der Waals surface area contributed by atoms with Crippen LogP contribution in [0.1, 0.15) is 5.69 Å². The lowest BCUT2D eigenvalue weighted by molar-refractivity contribution is -0.117. The Labute approximate surface area is 98.2 Å². The summed E-state index contributed by atoms with van der Waals surface area (Å²) in [7, 11) is 0. The van der Waals surface area contributed by atoms with Gasteiger partial charge in [-0.2, -0.15) is 11.8 Å². The molecule has 1 unspecified atom stereocenters. The van der Waals surface area contributed by atoms with Gasteiger partial charge in [0.2, 0.25) is 0 Å². The molecule has 1 aliphatic heterocycles. The monoisotopic (exact) mass is 239 g/mol. The molecule has 0 saturated carbocycles. The highest BCUT2D eigenvalue weighted by Crippen LogP contribution is 2.25. The van der Waals surface area contributed by atoms with Gasteiger partial charge < -0.3 is 0 Å². The summed E-state index contributed by atoms with van der Waals surface area (Å²) >= 11 is 3.67. The molecule has 80 valence electrons. The van der Waals surface area contributed by atoms with Crippen molar-refractivity contribution in [1.82, 2.24) is 4.98 Å². The van der Waals surface area contributed by atoms with Gasteiger partial charge in [-0.1, -0.05) is 6.07 Å². The molecule has 0 spiro atoms. The second-order valence-corrected chi connectivity index (χ2v) is 5.86. The number of ketones is 1. The van der Waals surface area contributed by atoms with E-state index in [1.54, 1.807) is 18.0 Å². The van der Waals surface area contributed by atoms with Gasteiger partial charge in [0, 0.05) is 35.6 Å². The van der Waals surface area contributed by atoms with Crippen LogP contribution in [0.2, 0.25) is 0 Å². The summed E-state index contributed by atoms with van der Waals surface area (Å²) in [5.41, 5.74) is 0.888. The van der Waals surface area contributed by atoms with Gasteiger partial charge in [-0.3, -0.25) is 9.78 Å². The number of hydrogen-bond acceptors (Lipinski definition) is 4. The van der Waals surface area contributed by atoms with Gasteiger partial charge >= 0.3 is 0 Å². The fourth-order valence-corrected chi connectivity index (χ4v) is 4.12. The van der Waals surface area contributed by atoms with Gasteiger partial charge in [0.05, 0.1) is 5.25 Å². The molecule has 4 heteroatoms. The Balaban J connectivity index is 1.91. The minimum atomic E-state index is 0.186. The highest BCUT2D eigenvalue weighted by molar-refractivity contribution is 8.07. The first kappa shape index (κ1) is 11.0. The highest BCUT2D eigenvalue weighted by Gasteiger charge is 2.22. The maximum Gasteiger partial charge on any atom is 0.152 e. The van der Waals surface area contributed by atoms with Crippen LogP contribution < -0.4 is 0 Å². The fraction of sp³-hybridized carbons (Fsp3) is 0.455. The van der Waals surface area contributed by atoms with Crippen LogP contribution in [0.25, 0.3) is 0 Å². The first-order chi connectivity index (χ1) is 7.36. The summed E-state index contributed by atoms with van der Waals surface area (Å²) < 4.78 is 0. The van der Waals surface area contributed by atoms with E-state index >= 15 is 0 Å². The lowest BCUT2D eigenvalue weighted by Crippen LogP contribution is -2.25. The second-order valence-electron chi connectivity index (χ2n) is 3.40. The van der Waals surface area contributed by atoms with E-state index in [0.29, 0.717) is 12.2 Å². The quantitative estimate of drug-likeness (QED) is 0.807. The molecule has 1 aliphatic rings. The molecular formula is C11H13NOS2. The largest absolute Gasteiger partial charge is 0.298 e. The van der Waals surface area contributed by atoms with Crippen molar-refractivity contribution >= 4 is 29.3 Å². The number of pyridine rings is 1. The molecule has 0 aromatic carbocycles. The van der Waals surface area contributed by atoms with Crippen LogP contribution in [0.4, 0.5) is 0 Å². The standard InChI is InChI=1S/C11H13NOS2/c13-10(11-8-14-5-6-15-11)7-9-3-1-2-4-12-9/h1-4,11H,5-8H2. The number of Topliss-reactive ketones (excluding diaryl/α,β-unsaturated/α-hetero) is 1. The Morgan fingerprint density at radius 3 is 3.07 bits per heavy atom. The topological polar surface area (TPSA) is 30.0 Å². The highest BCUT2D eigenvalue weighted by atomic mass is 32.2. The number of rotatable bonds is 3. The third-order valence-electron chi connectivity index (χ3n) is 2.26. The predicted octanol–water partition coefficient (Wildman–Crippen LogP) is 2.04. The van der Waals surface area contributed by atoms with Crippen LogP contribution in [0.5, 0.6) is 0 Å². The second kappa shape index (κ2) is 5.56. The third kappa shape index (κ3) is 3.24. The van der Waals surface area contributed by atoms with E-state index in [1.807, 2.05) is 30.0 Å². The molecule has 1 aromatic rings. The van der Waals surface area contributed by atoms with Gasteiger partial charge in [0.15, 0.2) is 5.78 Å². The molecular weight excluding hydrogens is 226 g/mol. The van der Waals surface area contributed by atoms with Crippen molar-refractivity contribution in [3.8, 4) is 0 Å². The molecule has 2 nitrogen and oxygen atoms in total. The van der Waals surface area contributed by atoms with E-state index in [0.717, 1.165) is 17.2 Å². The zero-order chi connectivity index (χ0) is 10.5. The van der Waals surface area contributed by atoms with E-state index in [9.17, 15) is 4.79 Å². The lowest BCUT2D eigenvalue weighted by atomic mass is 10.1. The van der Waals surface area contributed by atoms with Crippen LogP contribution >= 0.6 is 23.5 Å². The first-order valence-electron chi connectivity index (χ1n) is 4.98. The van der Waals surface area contributed by atoms with Crippen LogP contribution in [0, 0.1) is 0 Å². The van der Waals surface area contributed by atoms with Gasteiger partial charge in [0.1, 0.15) is 0 Å². The maximum atomic E-state index is 11.9. The van der Waals surface area contributed by atoms with E-state index < -0.39 is 0 Å². The molecule has 0 bridgehead atoms. The number of nitrogens with zero attached hydrogens (tertiary/aromatic N) is 1. The van der Waals surface area contributed by atoms with Crippen molar-refractivity contribution in [1.29, 1.82) is 0 Å². The van der Waals surface area contributed by atoms with Gasteiger partial charge in [-0.15, -0.1) is 11.8 Å². The Hall–Kier alpha value is -0.480. The maximum absolute atomic E-state index is 11.9. The average Bonchev–Trinajstić information content (AvgIpc) is 2.31. The van der Waals surface area contributed by atoms with Crippen molar-refractivity contribution in [2.24, 2.45) is 0 Å². The van der Waals surface area contributed by atoms with E-state index in [2.05, 4.69) is 4.98 Å². The SMILES string of the molecule is O=C(Cc1ccccn1)C1CSCCS1. The number of thioether (sulfide) groups is 2. The summed E-state index contributed by atoms with van der Waals surface area (Å²) in [5, 5.41) is 0.186. The summed E-state index contributed by atoms with van der Waals surface area (Å²) in [6.45, 7) is 0. The number of carbonyl (C=O) groups is 1. The van der Waals surface area contributed by atoms with E-state index in [4.69, 9.17) is 0 Å². The molecule has 2 heterocycles. The Morgan fingerprint density at radius 2 is 2.40 bits per heavy atom. The molecule has 0 N–H and O–H groups in total. The molecule has 0 aliphatic carbocycles. The van der Waals surface area contributed by atoms with Crippen molar-refractivity contribution in [2.75, 3.05) is 17.3 Å². The predicted molar refractivity (Wildman–Crippen MR) is 66.5 cm³/mol. The molecule has 1 saturated heterocycles. The van der Waals surface area contributed by atoms with E-state index in [-0.39, 0.29) is 5.25 Å². The molecule has 15 heavy (non-hydrogen) atoms. The van der Waals surface area contributed by atoms with Crippen molar-refractivity contribution in [3.05, 3.63) is 30.1 Å².